The molecule has 0 aliphatic heterocycles. The Morgan fingerprint density at radius 2 is 2.41 bits per heavy atom. The molecule has 3 rings (SSSR count). The molecule has 1 unspecified atom stereocenters. The molecule has 0 N–H and O–H groups in total. The maximum Gasteiger partial charge on any atom is 0.222 e. The van der Waals surface area contributed by atoms with Crippen molar-refractivity contribution >= 4 is 17.9 Å². The van der Waals surface area contributed by atoms with E-state index in [1.54, 1.807) is 13.0 Å². The lowest BCUT2D eigenvalue weighted by Crippen LogP contribution is -2.26. The van der Waals surface area contributed by atoms with Crippen LogP contribution in [-0.2, 0) is 4.79 Å². The summed E-state index contributed by atoms with van der Waals surface area (Å²) in [5.74, 6) is 0.258. The molecular formula is C16H16ClFN2O2. The fourth-order valence-corrected chi connectivity index (χ4v) is 3.23. The fraction of sp³-hybridized carbons (Fsp3) is 0.438. The molecule has 22 heavy (non-hydrogen) atoms. The number of aromatic nitrogens is 2. The molecule has 0 aromatic carbocycles. The highest BCUT2D eigenvalue weighted by atomic mass is 35.5. The van der Waals surface area contributed by atoms with Gasteiger partial charge in [0.2, 0.25) is 5.28 Å². The summed E-state index contributed by atoms with van der Waals surface area (Å²) in [6.07, 6.45) is 8.63. The second-order valence-corrected chi connectivity index (χ2v) is 6.20. The molecule has 0 radical (unpaired) electrons. The Morgan fingerprint density at radius 3 is 3.05 bits per heavy atom. The smallest absolute Gasteiger partial charge is 0.222 e. The van der Waals surface area contributed by atoms with Crippen LogP contribution < -0.4 is 4.74 Å². The standard InChI is InChI=1S/C16H16ClFN2O2/c1-10-14(7-19-15(17)20-10)22-9-16(6-12(16)8-21)11-3-2-4-13(18)5-11/h2-4,7-8,11-12H,5-6,9H2,1H3/t11?,12-,16+/m0/s1. The zero-order chi connectivity index (χ0) is 15.7. The van der Waals surface area contributed by atoms with Gasteiger partial charge in [-0.15, -0.1) is 0 Å². The van der Waals surface area contributed by atoms with Gasteiger partial charge in [0, 0.05) is 17.8 Å². The van der Waals surface area contributed by atoms with E-state index in [0.29, 0.717) is 30.9 Å². The van der Waals surface area contributed by atoms with Gasteiger partial charge in [-0.1, -0.05) is 12.2 Å². The summed E-state index contributed by atoms with van der Waals surface area (Å²) in [7, 11) is 0. The third-order valence-corrected chi connectivity index (χ3v) is 4.70. The van der Waals surface area contributed by atoms with Gasteiger partial charge in [-0.3, -0.25) is 0 Å². The molecular weight excluding hydrogens is 307 g/mol. The average molecular weight is 323 g/mol. The average Bonchev–Trinajstić information content (AvgIpc) is 3.21. The number of nitrogens with zero attached hydrogens (tertiary/aromatic N) is 2. The number of aryl methyl sites for hydroxylation is 1. The summed E-state index contributed by atoms with van der Waals surface area (Å²) < 4.78 is 19.4. The molecule has 116 valence electrons. The highest BCUT2D eigenvalue weighted by Crippen LogP contribution is 2.59. The number of carbonyl (C=O) groups is 1. The molecule has 6 heteroatoms. The van der Waals surface area contributed by atoms with E-state index in [1.165, 1.54) is 12.3 Å². The lowest BCUT2D eigenvalue weighted by molar-refractivity contribution is -0.110. The van der Waals surface area contributed by atoms with E-state index in [9.17, 15) is 9.18 Å². The maximum atomic E-state index is 13.5. The van der Waals surface area contributed by atoms with Crippen LogP contribution in [0.2, 0.25) is 5.28 Å². The van der Waals surface area contributed by atoms with Gasteiger partial charge in [-0.05, 0) is 36.9 Å². The molecule has 3 atom stereocenters. The van der Waals surface area contributed by atoms with Crippen molar-refractivity contribution in [3.63, 3.8) is 0 Å². The molecule has 1 saturated carbocycles. The quantitative estimate of drug-likeness (QED) is 0.615. The summed E-state index contributed by atoms with van der Waals surface area (Å²) in [5, 5.41) is 0.166. The molecule has 2 aliphatic carbocycles. The Balaban J connectivity index is 1.74. The third-order valence-electron chi connectivity index (χ3n) is 4.52. The van der Waals surface area contributed by atoms with Crippen molar-refractivity contribution < 1.29 is 13.9 Å². The molecule has 1 heterocycles. The van der Waals surface area contributed by atoms with Crippen molar-refractivity contribution in [3.05, 3.63) is 41.2 Å². The summed E-state index contributed by atoms with van der Waals surface area (Å²) in [5.41, 5.74) is 0.305. The first kappa shape index (κ1) is 15.2. The van der Waals surface area contributed by atoms with E-state index in [2.05, 4.69) is 9.97 Å². The van der Waals surface area contributed by atoms with Gasteiger partial charge in [0.15, 0.2) is 5.75 Å². The molecule has 1 aromatic heterocycles. The first-order valence-corrected chi connectivity index (χ1v) is 7.53. The number of ether oxygens (including phenoxy) is 1. The number of halogens is 2. The number of aldehydes is 1. The zero-order valence-corrected chi connectivity index (χ0v) is 12.9. The first-order valence-electron chi connectivity index (χ1n) is 7.15. The molecule has 4 nitrogen and oxygen atoms in total. The van der Waals surface area contributed by atoms with Crippen LogP contribution in [0.4, 0.5) is 4.39 Å². The number of hydrogen-bond acceptors (Lipinski definition) is 4. The number of carbonyl (C=O) groups excluding carboxylic acids is 1. The minimum Gasteiger partial charge on any atom is -0.489 e. The molecule has 1 aromatic rings. The second kappa shape index (κ2) is 5.80. The van der Waals surface area contributed by atoms with Crippen molar-refractivity contribution in [3.8, 4) is 5.75 Å². The number of rotatable bonds is 5. The molecule has 2 aliphatic rings. The van der Waals surface area contributed by atoms with Crippen LogP contribution in [0.5, 0.6) is 5.75 Å². The van der Waals surface area contributed by atoms with E-state index in [0.717, 1.165) is 6.29 Å². The molecule has 0 amide bonds. The van der Waals surface area contributed by atoms with Crippen LogP contribution in [0.3, 0.4) is 0 Å². The molecule has 0 saturated heterocycles. The molecule has 0 bridgehead atoms. The first-order chi connectivity index (χ1) is 10.5. The van der Waals surface area contributed by atoms with Crippen LogP contribution in [0.1, 0.15) is 18.5 Å². The number of hydrogen-bond donors (Lipinski definition) is 0. The topological polar surface area (TPSA) is 52.1 Å². The van der Waals surface area contributed by atoms with Gasteiger partial charge >= 0.3 is 0 Å². The van der Waals surface area contributed by atoms with Crippen LogP contribution in [0.25, 0.3) is 0 Å². The van der Waals surface area contributed by atoms with Crippen molar-refractivity contribution in [1.82, 2.24) is 9.97 Å². The third kappa shape index (κ3) is 2.77. The van der Waals surface area contributed by atoms with Crippen LogP contribution in [0, 0.1) is 24.2 Å². The van der Waals surface area contributed by atoms with E-state index in [4.69, 9.17) is 16.3 Å². The van der Waals surface area contributed by atoms with Gasteiger partial charge in [0.05, 0.1) is 18.5 Å². The van der Waals surface area contributed by atoms with Gasteiger partial charge in [-0.25, -0.2) is 14.4 Å². The fourth-order valence-electron chi connectivity index (χ4n) is 3.05. The van der Waals surface area contributed by atoms with E-state index in [1.807, 2.05) is 6.08 Å². The number of allylic oxidation sites excluding steroid dienone is 4. The van der Waals surface area contributed by atoms with Crippen LogP contribution in [0.15, 0.2) is 30.3 Å². The minimum atomic E-state index is -0.337. The summed E-state index contributed by atoms with van der Waals surface area (Å²) in [4.78, 5) is 19.1. The van der Waals surface area contributed by atoms with Crippen molar-refractivity contribution in [2.75, 3.05) is 6.61 Å². The van der Waals surface area contributed by atoms with E-state index >= 15 is 0 Å². The van der Waals surface area contributed by atoms with Gasteiger partial charge in [0.25, 0.3) is 0 Å². The minimum absolute atomic E-state index is 0.0266. The predicted octanol–water partition coefficient (Wildman–Crippen LogP) is 3.45. The summed E-state index contributed by atoms with van der Waals surface area (Å²) in [6, 6.07) is 0. The van der Waals surface area contributed by atoms with Crippen molar-refractivity contribution in [1.29, 1.82) is 0 Å². The lowest BCUT2D eigenvalue weighted by atomic mass is 9.82. The summed E-state index contributed by atoms with van der Waals surface area (Å²) in [6.45, 7) is 2.12. The lowest BCUT2D eigenvalue weighted by Gasteiger charge is -2.26. The highest BCUT2D eigenvalue weighted by molar-refractivity contribution is 6.28. The van der Waals surface area contributed by atoms with Gasteiger partial charge in [-0.2, -0.15) is 0 Å². The Morgan fingerprint density at radius 1 is 1.59 bits per heavy atom. The predicted molar refractivity (Wildman–Crippen MR) is 80.3 cm³/mol. The Kier molecular flexibility index (Phi) is 4.00. The Bertz CT molecular complexity index is 662. The summed E-state index contributed by atoms with van der Waals surface area (Å²) >= 11 is 5.72. The Labute approximate surface area is 133 Å². The van der Waals surface area contributed by atoms with Crippen molar-refractivity contribution in [2.24, 2.45) is 17.3 Å². The van der Waals surface area contributed by atoms with Gasteiger partial charge in [0.1, 0.15) is 12.1 Å². The highest BCUT2D eigenvalue weighted by Gasteiger charge is 2.59. The van der Waals surface area contributed by atoms with Crippen LogP contribution >= 0.6 is 11.6 Å². The Hall–Kier alpha value is -1.75. The zero-order valence-electron chi connectivity index (χ0n) is 12.1. The monoisotopic (exact) mass is 322 g/mol. The van der Waals surface area contributed by atoms with Gasteiger partial charge < -0.3 is 9.53 Å². The maximum absolute atomic E-state index is 13.5. The normalized spacial score (nSPS) is 29.9. The van der Waals surface area contributed by atoms with E-state index < -0.39 is 0 Å². The molecule has 1 fully saturated rings. The van der Waals surface area contributed by atoms with Crippen LogP contribution in [-0.4, -0.2) is 22.9 Å². The molecule has 0 spiro atoms. The SMILES string of the molecule is Cc1nc(Cl)ncc1OC[C@@]1(C2C=CC=C(F)C2)C[C@H]1C=O. The van der Waals surface area contributed by atoms with Crippen molar-refractivity contribution in [2.45, 2.75) is 19.8 Å². The van der Waals surface area contributed by atoms with E-state index in [-0.39, 0.29) is 28.4 Å². The second-order valence-electron chi connectivity index (χ2n) is 5.87. The largest absolute Gasteiger partial charge is 0.489 e.